The molecule has 9 N–H and O–H groups in total. The van der Waals surface area contributed by atoms with E-state index < -0.39 is 11.7 Å². The number of aryl methyl sites for hydroxylation is 2. The quantitative estimate of drug-likeness (QED) is 0.103. The minimum atomic E-state index is -0.612. The molecular formula is C19H23FN8O2. The van der Waals surface area contributed by atoms with Crippen LogP contribution < -0.4 is 28.2 Å². The number of hydrogen-bond donors (Lipinski definition) is 6. The summed E-state index contributed by atoms with van der Waals surface area (Å²) >= 11 is 0. The number of hydrogen-bond acceptors (Lipinski definition) is 6. The van der Waals surface area contributed by atoms with E-state index in [1.54, 1.807) is 12.3 Å². The number of nitrogens with one attached hydrogen (secondary N) is 3. The summed E-state index contributed by atoms with van der Waals surface area (Å²) in [5, 5.41) is 6.41. The molecule has 0 atom stereocenters. The molecule has 1 aromatic carbocycles. The Morgan fingerprint density at radius 3 is 2.83 bits per heavy atom. The number of amidine groups is 1. The van der Waals surface area contributed by atoms with Crippen molar-refractivity contribution in [2.24, 2.45) is 16.7 Å². The van der Waals surface area contributed by atoms with Gasteiger partial charge in [-0.3, -0.25) is 14.6 Å². The lowest BCUT2D eigenvalue weighted by Crippen LogP contribution is -2.26. The second kappa shape index (κ2) is 9.07. The van der Waals surface area contributed by atoms with Crippen LogP contribution in [0.2, 0.25) is 0 Å². The standard InChI is InChI=1S/C19H23FN8O2/c20-13-8-10(4-6-12(13)17(29)24-7-1-2-14(21)28-23)3-5-11-9-25-16-15(11)18(30)27-19(22)26-16/h4,6,8-9H,1-3,5,7,23H2,(H2,21,28)(H,24,29)(H4,22,25,26,27,30). The lowest BCUT2D eigenvalue weighted by atomic mass is 10.0. The molecule has 158 valence electrons. The molecule has 0 saturated carbocycles. The monoisotopic (exact) mass is 414 g/mol. The molecule has 10 nitrogen and oxygen atoms in total. The van der Waals surface area contributed by atoms with Gasteiger partial charge in [0.05, 0.1) is 10.9 Å². The first-order chi connectivity index (χ1) is 14.4. The van der Waals surface area contributed by atoms with E-state index in [9.17, 15) is 14.0 Å². The summed E-state index contributed by atoms with van der Waals surface area (Å²) < 4.78 is 14.4. The first-order valence-corrected chi connectivity index (χ1v) is 9.33. The predicted octanol–water partition coefficient (Wildman–Crippen LogP) is 0.499. The topological polar surface area (TPSA) is 181 Å². The third-order valence-electron chi connectivity index (χ3n) is 4.66. The molecule has 0 saturated heterocycles. The number of nitrogen functional groups attached to an aromatic ring is 1. The lowest BCUT2D eigenvalue weighted by Gasteiger charge is -2.08. The number of fused-ring (bicyclic) bond motifs is 1. The van der Waals surface area contributed by atoms with Gasteiger partial charge in [-0.15, -0.1) is 0 Å². The SMILES string of the molecule is N/N=C(\N)CCCNC(=O)c1ccc(CCc2c[nH]c3nc(N)[nH]c(=O)c23)cc1F. The van der Waals surface area contributed by atoms with E-state index in [0.717, 1.165) is 5.56 Å². The van der Waals surface area contributed by atoms with Gasteiger partial charge in [-0.25, -0.2) is 4.39 Å². The Morgan fingerprint density at radius 2 is 2.10 bits per heavy atom. The van der Waals surface area contributed by atoms with Gasteiger partial charge in [0.25, 0.3) is 11.5 Å². The molecule has 0 aliphatic rings. The fourth-order valence-electron chi connectivity index (χ4n) is 3.13. The number of nitrogens with zero attached hydrogens (tertiary/aromatic N) is 2. The number of anilines is 1. The van der Waals surface area contributed by atoms with E-state index in [4.69, 9.17) is 17.3 Å². The van der Waals surface area contributed by atoms with Crippen LogP contribution in [-0.4, -0.2) is 33.2 Å². The summed E-state index contributed by atoms with van der Waals surface area (Å²) in [7, 11) is 0. The van der Waals surface area contributed by atoms with Crippen LogP contribution in [0.15, 0.2) is 34.3 Å². The Bertz CT molecular complexity index is 1150. The molecule has 30 heavy (non-hydrogen) atoms. The first kappa shape index (κ1) is 20.8. The van der Waals surface area contributed by atoms with Gasteiger partial charge < -0.3 is 27.6 Å². The Balaban J connectivity index is 1.62. The number of aromatic nitrogens is 3. The second-order valence-corrected chi connectivity index (χ2v) is 6.78. The average Bonchev–Trinajstić information content (AvgIpc) is 3.12. The number of amides is 1. The van der Waals surface area contributed by atoms with Crippen LogP contribution in [0.4, 0.5) is 10.3 Å². The molecule has 2 aromatic heterocycles. The van der Waals surface area contributed by atoms with E-state index in [1.165, 1.54) is 12.1 Å². The maximum absolute atomic E-state index is 14.4. The van der Waals surface area contributed by atoms with Gasteiger partial charge >= 0.3 is 0 Å². The smallest absolute Gasteiger partial charge is 0.262 e. The highest BCUT2D eigenvalue weighted by atomic mass is 19.1. The van der Waals surface area contributed by atoms with Crippen LogP contribution in [0.5, 0.6) is 0 Å². The molecule has 2 heterocycles. The van der Waals surface area contributed by atoms with Crippen molar-refractivity contribution in [1.82, 2.24) is 20.3 Å². The Kier molecular flexibility index (Phi) is 6.30. The molecule has 0 spiro atoms. The van der Waals surface area contributed by atoms with Gasteiger partial charge in [-0.1, -0.05) is 6.07 Å². The highest BCUT2D eigenvalue weighted by molar-refractivity contribution is 5.94. The molecule has 11 heteroatoms. The number of carbonyl (C=O) groups excluding carboxylic acids is 1. The number of benzene rings is 1. The van der Waals surface area contributed by atoms with Crippen LogP contribution >= 0.6 is 0 Å². The summed E-state index contributed by atoms with van der Waals surface area (Å²) in [4.78, 5) is 33.7. The summed E-state index contributed by atoms with van der Waals surface area (Å²) in [5.41, 5.74) is 12.5. The number of hydrazone groups is 1. The van der Waals surface area contributed by atoms with E-state index in [0.29, 0.717) is 48.8 Å². The maximum Gasteiger partial charge on any atom is 0.262 e. The molecule has 3 aromatic rings. The molecule has 0 aliphatic heterocycles. The van der Waals surface area contributed by atoms with Crippen molar-refractivity contribution in [3.8, 4) is 0 Å². The van der Waals surface area contributed by atoms with Gasteiger partial charge in [0.15, 0.2) is 0 Å². The first-order valence-electron chi connectivity index (χ1n) is 9.33. The number of carbonyl (C=O) groups is 1. The third-order valence-corrected chi connectivity index (χ3v) is 4.66. The molecule has 3 rings (SSSR count). The lowest BCUT2D eigenvalue weighted by molar-refractivity contribution is 0.0949. The molecule has 0 radical (unpaired) electrons. The van der Waals surface area contributed by atoms with E-state index in [1.807, 2.05) is 0 Å². The van der Waals surface area contributed by atoms with Crippen LogP contribution in [0, 0.1) is 5.82 Å². The molecule has 0 unspecified atom stereocenters. The zero-order chi connectivity index (χ0) is 21.7. The second-order valence-electron chi connectivity index (χ2n) is 6.78. The Hall–Kier alpha value is -3.89. The number of rotatable bonds is 8. The third kappa shape index (κ3) is 4.74. The van der Waals surface area contributed by atoms with Crippen molar-refractivity contribution in [3.05, 3.63) is 57.3 Å². The van der Waals surface area contributed by atoms with Crippen molar-refractivity contribution in [2.45, 2.75) is 25.7 Å². The van der Waals surface area contributed by atoms with Crippen molar-refractivity contribution < 1.29 is 9.18 Å². The summed E-state index contributed by atoms with van der Waals surface area (Å²) in [6, 6.07) is 4.45. The van der Waals surface area contributed by atoms with Crippen LogP contribution in [0.25, 0.3) is 11.0 Å². The fraction of sp³-hybridized carbons (Fsp3) is 0.263. The largest absolute Gasteiger partial charge is 0.386 e. The van der Waals surface area contributed by atoms with Crippen LogP contribution in [0.3, 0.4) is 0 Å². The van der Waals surface area contributed by atoms with Crippen LogP contribution in [0.1, 0.15) is 34.3 Å². The summed E-state index contributed by atoms with van der Waals surface area (Å²) in [6.07, 6.45) is 3.64. The molecule has 0 fully saturated rings. The van der Waals surface area contributed by atoms with Crippen molar-refractivity contribution >= 4 is 28.7 Å². The van der Waals surface area contributed by atoms with Crippen molar-refractivity contribution in [1.29, 1.82) is 0 Å². The average molecular weight is 414 g/mol. The van der Waals surface area contributed by atoms with E-state index >= 15 is 0 Å². The number of nitrogens with two attached hydrogens (primary N) is 3. The molecule has 0 bridgehead atoms. The van der Waals surface area contributed by atoms with Crippen molar-refractivity contribution in [3.63, 3.8) is 0 Å². The predicted molar refractivity (Wildman–Crippen MR) is 112 cm³/mol. The fourth-order valence-corrected chi connectivity index (χ4v) is 3.13. The van der Waals surface area contributed by atoms with Crippen LogP contribution in [-0.2, 0) is 12.8 Å². The minimum Gasteiger partial charge on any atom is -0.386 e. The molecule has 0 aliphatic carbocycles. The highest BCUT2D eigenvalue weighted by Crippen LogP contribution is 2.17. The van der Waals surface area contributed by atoms with Gasteiger partial charge in [0.2, 0.25) is 5.95 Å². The summed E-state index contributed by atoms with van der Waals surface area (Å²) in [5.74, 6) is 4.24. The zero-order valence-corrected chi connectivity index (χ0v) is 16.2. The van der Waals surface area contributed by atoms with Gasteiger partial charge in [-0.2, -0.15) is 10.1 Å². The highest BCUT2D eigenvalue weighted by Gasteiger charge is 2.13. The van der Waals surface area contributed by atoms with Gasteiger partial charge in [0.1, 0.15) is 17.3 Å². The molecule has 1 amide bonds. The van der Waals surface area contributed by atoms with Crippen molar-refractivity contribution in [2.75, 3.05) is 12.3 Å². The normalized spacial score (nSPS) is 11.7. The Labute approximate surface area is 170 Å². The number of aromatic amines is 2. The van der Waals surface area contributed by atoms with Gasteiger partial charge in [-0.05, 0) is 42.5 Å². The minimum absolute atomic E-state index is 0.0350. The maximum atomic E-state index is 14.4. The zero-order valence-electron chi connectivity index (χ0n) is 16.2. The summed E-state index contributed by atoms with van der Waals surface area (Å²) in [6.45, 7) is 0.323. The number of halogens is 1. The van der Waals surface area contributed by atoms with Gasteiger partial charge in [0, 0.05) is 19.2 Å². The number of H-pyrrole nitrogens is 2. The molecular weight excluding hydrogens is 391 g/mol. The van der Waals surface area contributed by atoms with E-state index in [-0.39, 0.29) is 22.9 Å². The Morgan fingerprint density at radius 1 is 1.30 bits per heavy atom. The van der Waals surface area contributed by atoms with E-state index in [2.05, 4.69) is 25.4 Å².